The Morgan fingerprint density at radius 3 is 2.44 bits per heavy atom. The summed E-state index contributed by atoms with van der Waals surface area (Å²) in [5.74, 6) is 0.561. The maximum Gasteiger partial charge on any atom is 0.241 e. The molecular weight excluding hydrogens is 254 g/mol. The van der Waals surface area contributed by atoms with Crippen LogP contribution in [-0.2, 0) is 10.0 Å². The first kappa shape index (κ1) is 12.7. The van der Waals surface area contributed by atoms with Crippen molar-refractivity contribution in [2.75, 3.05) is 0 Å². The van der Waals surface area contributed by atoms with Crippen LogP contribution >= 0.6 is 0 Å². The summed E-state index contributed by atoms with van der Waals surface area (Å²) >= 11 is 0. The van der Waals surface area contributed by atoms with Gasteiger partial charge in [0.25, 0.3) is 0 Å². The number of benzene rings is 1. The summed E-state index contributed by atoms with van der Waals surface area (Å²) in [6.45, 7) is 1.69. The molecule has 0 aliphatic heterocycles. The second kappa shape index (κ2) is 4.83. The molecule has 2 N–H and O–H groups in total. The van der Waals surface area contributed by atoms with Gasteiger partial charge in [0.2, 0.25) is 10.0 Å². The van der Waals surface area contributed by atoms with Gasteiger partial charge in [-0.3, -0.25) is 0 Å². The molecule has 5 nitrogen and oxygen atoms in total. The molecule has 0 saturated carbocycles. The van der Waals surface area contributed by atoms with Crippen LogP contribution in [0, 0.1) is 0 Å². The standard InChI is InChI=1S/C12H13NO4S/c1-9(12-3-2-8-17-12)13-18(15,16)11-6-4-10(14)5-7-11/h2-9,13-14H,1H3. The van der Waals surface area contributed by atoms with Gasteiger partial charge in [-0.1, -0.05) is 0 Å². The first-order valence-electron chi connectivity index (χ1n) is 5.34. The van der Waals surface area contributed by atoms with Gasteiger partial charge >= 0.3 is 0 Å². The minimum atomic E-state index is -3.62. The summed E-state index contributed by atoms with van der Waals surface area (Å²) < 4.78 is 31.6. The lowest BCUT2D eigenvalue weighted by Gasteiger charge is -2.12. The Bertz CT molecular complexity index is 602. The number of phenolic OH excluding ortho intramolecular Hbond substituents is 1. The zero-order valence-corrected chi connectivity index (χ0v) is 10.5. The van der Waals surface area contributed by atoms with E-state index < -0.39 is 16.1 Å². The molecule has 0 fully saturated rings. The molecule has 2 aromatic rings. The van der Waals surface area contributed by atoms with Crippen LogP contribution in [0.2, 0.25) is 0 Å². The van der Waals surface area contributed by atoms with Crippen molar-refractivity contribution in [1.82, 2.24) is 4.72 Å². The normalized spacial score (nSPS) is 13.4. The molecule has 1 unspecified atom stereocenters. The highest BCUT2D eigenvalue weighted by Gasteiger charge is 2.19. The zero-order valence-electron chi connectivity index (χ0n) is 9.70. The van der Waals surface area contributed by atoms with Crippen LogP contribution in [-0.4, -0.2) is 13.5 Å². The minimum Gasteiger partial charge on any atom is -0.508 e. The summed E-state index contributed by atoms with van der Waals surface area (Å²) in [7, 11) is -3.62. The lowest BCUT2D eigenvalue weighted by Crippen LogP contribution is -2.26. The van der Waals surface area contributed by atoms with Crippen LogP contribution in [0.15, 0.2) is 52.0 Å². The topological polar surface area (TPSA) is 79.5 Å². The van der Waals surface area contributed by atoms with E-state index in [4.69, 9.17) is 9.52 Å². The molecule has 0 radical (unpaired) electrons. The van der Waals surface area contributed by atoms with E-state index in [1.165, 1.54) is 30.5 Å². The van der Waals surface area contributed by atoms with E-state index in [1.807, 2.05) is 0 Å². The van der Waals surface area contributed by atoms with Crippen molar-refractivity contribution < 1.29 is 17.9 Å². The molecular formula is C12H13NO4S. The zero-order chi connectivity index (χ0) is 13.2. The molecule has 2 rings (SSSR count). The van der Waals surface area contributed by atoms with Crippen molar-refractivity contribution in [3.8, 4) is 5.75 Å². The molecule has 96 valence electrons. The predicted molar refractivity (Wildman–Crippen MR) is 65.6 cm³/mol. The van der Waals surface area contributed by atoms with E-state index in [2.05, 4.69) is 4.72 Å². The van der Waals surface area contributed by atoms with E-state index in [9.17, 15) is 8.42 Å². The highest BCUT2D eigenvalue weighted by molar-refractivity contribution is 7.89. The quantitative estimate of drug-likeness (QED) is 0.888. The van der Waals surface area contributed by atoms with E-state index in [0.717, 1.165) is 0 Å². The number of phenols is 1. The average Bonchev–Trinajstić information content (AvgIpc) is 2.82. The molecule has 1 aromatic carbocycles. The summed E-state index contributed by atoms with van der Waals surface area (Å²) in [6.07, 6.45) is 1.49. The maximum absolute atomic E-state index is 12.0. The van der Waals surface area contributed by atoms with Gasteiger partial charge in [0, 0.05) is 0 Å². The SMILES string of the molecule is CC(NS(=O)(=O)c1ccc(O)cc1)c1ccco1. The Balaban J connectivity index is 2.20. The third-order valence-electron chi connectivity index (χ3n) is 2.45. The minimum absolute atomic E-state index is 0.0213. The Morgan fingerprint density at radius 2 is 1.89 bits per heavy atom. The van der Waals surface area contributed by atoms with Gasteiger partial charge in [-0.25, -0.2) is 13.1 Å². The van der Waals surface area contributed by atoms with Gasteiger partial charge in [-0.2, -0.15) is 0 Å². The first-order chi connectivity index (χ1) is 8.49. The van der Waals surface area contributed by atoms with Crippen molar-refractivity contribution in [3.63, 3.8) is 0 Å². The number of rotatable bonds is 4. The molecule has 6 heteroatoms. The van der Waals surface area contributed by atoms with E-state index >= 15 is 0 Å². The fraction of sp³-hybridized carbons (Fsp3) is 0.167. The Kier molecular flexibility index (Phi) is 3.40. The van der Waals surface area contributed by atoms with Crippen molar-refractivity contribution in [1.29, 1.82) is 0 Å². The molecule has 0 spiro atoms. The molecule has 1 atom stereocenters. The Morgan fingerprint density at radius 1 is 1.22 bits per heavy atom. The van der Waals surface area contributed by atoms with Gasteiger partial charge < -0.3 is 9.52 Å². The second-order valence-electron chi connectivity index (χ2n) is 3.85. The van der Waals surface area contributed by atoms with Gasteiger partial charge in [-0.15, -0.1) is 0 Å². The van der Waals surface area contributed by atoms with Crippen LogP contribution in [0.4, 0.5) is 0 Å². The van der Waals surface area contributed by atoms with E-state index in [1.54, 1.807) is 19.1 Å². The van der Waals surface area contributed by atoms with Gasteiger partial charge in [0.15, 0.2) is 0 Å². The average molecular weight is 267 g/mol. The molecule has 0 aliphatic rings. The second-order valence-corrected chi connectivity index (χ2v) is 5.57. The number of hydrogen-bond donors (Lipinski definition) is 2. The van der Waals surface area contributed by atoms with Crippen molar-refractivity contribution in [2.24, 2.45) is 0 Å². The van der Waals surface area contributed by atoms with Gasteiger partial charge in [0.05, 0.1) is 17.2 Å². The smallest absolute Gasteiger partial charge is 0.241 e. The lowest BCUT2D eigenvalue weighted by atomic mass is 10.3. The Hall–Kier alpha value is -1.79. The number of aromatic hydroxyl groups is 1. The molecule has 18 heavy (non-hydrogen) atoms. The van der Waals surface area contributed by atoms with Crippen LogP contribution in [0.3, 0.4) is 0 Å². The largest absolute Gasteiger partial charge is 0.508 e. The van der Waals surface area contributed by atoms with E-state index in [0.29, 0.717) is 5.76 Å². The third-order valence-corrected chi connectivity index (χ3v) is 4.01. The van der Waals surface area contributed by atoms with Gasteiger partial charge in [-0.05, 0) is 43.3 Å². The lowest BCUT2D eigenvalue weighted by molar-refractivity contribution is 0.459. The van der Waals surface area contributed by atoms with E-state index in [-0.39, 0.29) is 10.6 Å². The maximum atomic E-state index is 12.0. The summed E-state index contributed by atoms with van der Waals surface area (Å²) in [5, 5.41) is 9.12. The molecule has 0 amide bonds. The third kappa shape index (κ3) is 2.72. The highest BCUT2D eigenvalue weighted by atomic mass is 32.2. The van der Waals surface area contributed by atoms with Crippen molar-refractivity contribution in [3.05, 3.63) is 48.4 Å². The van der Waals surface area contributed by atoms with Crippen LogP contribution < -0.4 is 4.72 Å². The predicted octanol–water partition coefficient (Wildman–Crippen LogP) is 2.02. The molecule has 1 heterocycles. The van der Waals surface area contributed by atoms with Crippen molar-refractivity contribution >= 4 is 10.0 Å². The fourth-order valence-electron chi connectivity index (χ4n) is 1.52. The number of nitrogens with one attached hydrogen (secondary N) is 1. The summed E-state index contributed by atoms with van der Waals surface area (Å²) in [6, 6.07) is 8.26. The highest BCUT2D eigenvalue weighted by Crippen LogP contribution is 2.18. The molecule has 0 saturated heterocycles. The Labute approximate surface area is 105 Å². The van der Waals surface area contributed by atoms with Crippen LogP contribution in [0.5, 0.6) is 5.75 Å². The van der Waals surface area contributed by atoms with Crippen LogP contribution in [0.25, 0.3) is 0 Å². The summed E-state index contributed by atoms with van der Waals surface area (Å²) in [4.78, 5) is 0.0960. The summed E-state index contributed by atoms with van der Waals surface area (Å²) in [5.41, 5.74) is 0. The molecule has 1 aromatic heterocycles. The number of hydrogen-bond acceptors (Lipinski definition) is 4. The molecule has 0 aliphatic carbocycles. The van der Waals surface area contributed by atoms with Crippen LogP contribution in [0.1, 0.15) is 18.7 Å². The fourth-order valence-corrected chi connectivity index (χ4v) is 2.73. The number of furan rings is 1. The monoisotopic (exact) mass is 267 g/mol. The van der Waals surface area contributed by atoms with Crippen molar-refractivity contribution in [2.45, 2.75) is 17.9 Å². The first-order valence-corrected chi connectivity index (χ1v) is 6.82. The number of sulfonamides is 1. The van der Waals surface area contributed by atoms with Gasteiger partial charge in [0.1, 0.15) is 11.5 Å². The molecule has 0 bridgehead atoms.